The zero-order valence-corrected chi connectivity index (χ0v) is 16.3. The van der Waals surface area contributed by atoms with E-state index in [2.05, 4.69) is 10.3 Å². The number of anilines is 1. The molecular weight excluding hydrogens is 389 g/mol. The summed E-state index contributed by atoms with van der Waals surface area (Å²) in [6.45, 7) is 1.89. The van der Waals surface area contributed by atoms with E-state index in [-0.39, 0.29) is 18.0 Å². The molecule has 0 aromatic heterocycles. The van der Waals surface area contributed by atoms with Gasteiger partial charge in [0, 0.05) is 18.5 Å². The van der Waals surface area contributed by atoms with Crippen molar-refractivity contribution in [1.82, 2.24) is 4.90 Å². The number of thioether (sulfide) groups is 1. The van der Waals surface area contributed by atoms with Crippen molar-refractivity contribution in [2.24, 2.45) is 4.99 Å². The number of amides is 2. The Kier molecular flexibility index (Phi) is 5.82. The molecule has 5 nitrogen and oxygen atoms in total. The van der Waals surface area contributed by atoms with Gasteiger partial charge < -0.3 is 5.32 Å². The lowest BCUT2D eigenvalue weighted by Crippen LogP contribution is -2.30. The monoisotopic (exact) mass is 405 g/mol. The van der Waals surface area contributed by atoms with Gasteiger partial charge in [0.25, 0.3) is 0 Å². The van der Waals surface area contributed by atoms with Crippen LogP contribution in [0.4, 0.5) is 15.8 Å². The van der Waals surface area contributed by atoms with Gasteiger partial charge in [-0.3, -0.25) is 14.5 Å². The normalized spacial score (nSPS) is 18.2. The number of carbonyl (C=O) groups excluding carboxylic acids is 2. The molecule has 0 aliphatic carbocycles. The van der Waals surface area contributed by atoms with Crippen molar-refractivity contribution in [3.8, 4) is 0 Å². The molecule has 1 saturated heterocycles. The number of rotatable bonds is 4. The molecule has 1 N–H and O–H groups in total. The molecule has 2 amide bonds. The molecule has 0 bridgehead atoms. The third-order valence-corrected chi connectivity index (χ3v) is 5.68. The second-order valence-electron chi connectivity index (χ2n) is 6.06. The number of halogens is 2. The Morgan fingerprint density at radius 3 is 2.78 bits per heavy atom. The molecule has 1 fully saturated rings. The van der Waals surface area contributed by atoms with Crippen LogP contribution in [0.2, 0.25) is 5.02 Å². The van der Waals surface area contributed by atoms with Gasteiger partial charge in [-0.1, -0.05) is 41.6 Å². The lowest BCUT2D eigenvalue weighted by molar-refractivity contribution is -0.127. The first-order chi connectivity index (χ1) is 12.8. The summed E-state index contributed by atoms with van der Waals surface area (Å²) in [6.07, 6.45) is -0.0736. The van der Waals surface area contributed by atoms with Crippen molar-refractivity contribution < 1.29 is 14.0 Å². The fourth-order valence-electron chi connectivity index (χ4n) is 2.49. The van der Waals surface area contributed by atoms with E-state index in [9.17, 15) is 14.0 Å². The van der Waals surface area contributed by atoms with Crippen LogP contribution in [0.1, 0.15) is 12.0 Å². The lowest BCUT2D eigenvalue weighted by atomic mass is 10.2. The Bertz CT molecular complexity index is 935. The summed E-state index contributed by atoms with van der Waals surface area (Å²) in [5.74, 6) is -1.17. The Morgan fingerprint density at radius 1 is 1.33 bits per heavy atom. The standard InChI is InChI=1S/C19H17ClFN3O2S/c1-11-7-8-12(9-13(11)20)22-19-24(2)18(26)16(27-19)10-17(25)23-15-6-4-3-5-14(15)21/h3-9,16H,10H2,1-2H3,(H,23,25)/t16-/m0/s1. The maximum Gasteiger partial charge on any atom is 0.242 e. The summed E-state index contributed by atoms with van der Waals surface area (Å²) in [7, 11) is 1.61. The largest absolute Gasteiger partial charge is 0.324 e. The second-order valence-corrected chi connectivity index (χ2v) is 7.64. The minimum atomic E-state index is -0.610. The van der Waals surface area contributed by atoms with Gasteiger partial charge in [0.1, 0.15) is 11.1 Å². The molecule has 140 valence electrons. The average molecular weight is 406 g/mol. The van der Waals surface area contributed by atoms with Gasteiger partial charge in [0.2, 0.25) is 11.8 Å². The van der Waals surface area contributed by atoms with Gasteiger partial charge in [-0.15, -0.1) is 0 Å². The van der Waals surface area contributed by atoms with E-state index in [0.29, 0.717) is 15.9 Å². The molecule has 0 saturated carbocycles. The van der Waals surface area contributed by atoms with Crippen LogP contribution in [0, 0.1) is 12.7 Å². The highest BCUT2D eigenvalue weighted by Gasteiger charge is 2.37. The molecule has 0 unspecified atom stereocenters. The molecule has 2 aromatic carbocycles. The number of hydrogen-bond acceptors (Lipinski definition) is 4. The summed E-state index contributed by atoms with van der Waals surface area (Å²) in [6, 6.07) is 11.3. The second kappa shape index (κ2) is 8.10. The highest BCUT2D eigenvalue weighted by molar-refractivity contribution is 8.15. The fraction of sp³-hybridized carbons (Fsp3) is 0.211. The van der Waals surface area contributed by atoms with Crippen LogP contribution in [0.25, 0.3) is 0 Å². The van der Waals surface area contributed by atoms with Crippen molar-refractivity contribution in [2.45, 2.75) is 18.6 Å². The first kappa shape index (κ1) is 19.4. The molecule has 2 aromatic rings. The van der Waals surface area contributed by atoms with Crippen LogP contribution in [0.5, 0.6) is 0 Å². The van der Waals surface area contributed by atoms with E-state index in [1.807, 2.05) is 19.1 Å². The number of carbonyl (C=O) groups is 2. The number of aliphatic imine (C=N–C) groups is 1. The van der Waals surface area contributed by atoms with E-state index in [4.69, 9.17) is 11.6 Å². The van der Waals surface area contributed by atoms with E-state index in [1.54, 1.807) is 19.2 Å². The molecule has 27 heavy (non-hydrogen) atoms. The first-order valence-electron chi connectivity index (χ1n) is 8.18. The highest BCUT2D eigenvalue weighted by atomic mass is 35.5. The van der Waals surface area contributed by atoms with Crippen LogP contribution >= 0.6 is 23.4 Å². The minimum Gasteiger partial charge on any atom is -0.324 e. The molecule has 3 rings (SSSR count). The van der Waals surface area contributed by atoms with Crippen LogP contribution in [-0.4, -0.2) is 34.2 Å². The number of aryl methyl sites for hydroxylation is 1. The first-order valence-corrected chi connectivity index (χ1v) is 9.44. The third-order valence-electron chi connectivity index (χ3n) is 4.04. The van der Waals surface area contributed by atoms with Crippen molar-refractivity contribution in [1.29, 1.82) is 0 Å². The summed E-state index contributed by atoms with van der Waals surface area (Å²) >= 11 is 7.32. The van der Waals surface area contributed by atoms with Crippen LogP contribution < -0.4 is 5.32 Å². The zero-order valence-electron chi connectivity index (χ0n) is 14.7. The summed E-state index contributed by atoms with van der Waals surface area (Å²) in [5, 5.41) is 2.97. The van der Waals surface area contributed by atoms with Gasteiger partial charge in [-0.25, -0.2) is 9.38 Å². The maximum absolute atomic E-state index is 13.6. The van der Waals surface area contributed by atoms with Gasteiger partial charge in [0.05, 0.1) is 11.4 Å². The number of para-hydroxylation sites is 1. The topological polar surface area (TPSA) is 61.8 Å². The Labute approximate surface area is 165 Å². The van der Waals surface area contributed by atoms with E-state index in [1.165, 1.54) is 34.9 Å². The summed E-state index contributed by atoms with van der Waals surface area (Å²) in [4.78, 5) is 30.5. The van der Waals surface area contributed by atoms with Crippen molar-refractivity contribution in [3.05, 3.63) is 58.9 Å². The van der Waals surface area contributed by atoms with Crippen LogP contribution in [-0.2, 0) is 9.59 Å². The van der Waals surface area contributed by atoms with Crippen molar-refractivity contribution in [2.75, 3.05) is 12.4 Å². The van der Waals surface area contributed by atoms with E-state index < -0.39 is 17.0 Å². The summed E-state index contributed by atoms with van der Waals surface area (Å²) < 4.78 is 13.6. The highest BCUT2D eigenvalue weighted by Crippen LogP contribution is 2.32. The fourth-order valence-corrected chi connectivity index (χ4v) is 3.82. The smallest absolute Gasteiger partial charge is 0.242 e. The molecule has 1 atom stereocenters. The number of nitrogens with zero attached hydrogens (tertiary/aromatic N) is 2. The Balaban J connectivity index is 1.70. The number of amidine groups is 1. The van der Waals surface area contributed by atoms with E-state index in [0.717, 1.165) is 5.56 Å². The SMILES string of the molecule is Cc1ccc(N=C2S[C@@H](CC(=O)Nc3ccccc3F)C(=O)N2C)cc1Cl. The number of benzene rings is 2. The van der Waals surface area contributed by atoms with Crippen LogP contribution in [0.15, 0.2) is 47.5 Å². The Morgan fingerprint density at radius 2 is 2.07 bits per heavy atom. The van der Waals surface area contributed by atoms with Crippen molar-refractivity contribution in [3.63, 3.8) is 0 Å². The Hall–Kier alpha value is -2.38. The molecule has 1 heterocycles. The van der Waals surface area contributed by atoms with Crippen LogP contribution in [0.3, 0.4) is 0 Å². The zero-order chi connectivity index (χ0) is 19.6. The number of hydrogen-bond donors (Lipinski definition) is 1. The number of nitrogens with one attached hydrogen (secondary N) is 1. The average Bonchev–Trinajstić information content (AvgIpc) is 2.88. The van der Waals surface area contributed by atoms with Gasteiger partial charge in [-0.05, 0) is 36.8 Å². The predicted octanol–water partition coefficient (Wildman–Crippen LogP) is 4.38. The molecule has 0 spiro atoms. The van der Waals surface area contributed by atoms with Gasteiger partial charge in [-0.2, -0.15) is 0 Å². The maximum atomic E-state index is 13.6. The predicted molar refractivity (Wildman–Crippen MR) is 107 cm³/mol. The molecular formula is C19H17ClFN3O2S. The minimum absolute atomic E-state index is 0.0736. The van der Waals surface area contributed by atoms with E-state index >= 15 is 0 Å². The molecule has 8 heteroatoms. The molecule has 1 aliphatic heterocycles. The third kappa shape index (κ3) is 4.48. The molecule has 0 radical (unpaired) electrons. The quantitative estimate of drug-likeness (QED) is 0.821. The molecule has 1 aliphatic rings. The lowest BCUT2D eigenvalue weighted by Gasteiger charge is -2.09. The van der Waals surface area contributed by atoms with Gasteiger partial charge >= 0.3 is 0 Å². The van der Waals surface area contributed by atoms with Gasteiger partial charge in [0.15, 0.2) is 5.17 Å². The van der Waals surface area contributed by atoms with Crippen molar-refractivity contribution >= 4 is 51.7 Å². The summed E-state index contributed by atoms with van der Waals surface area (Å²) in [5.41, 5.74) is 1.66.